The number of rotatable bonds is 7. The number of hydrogen-bond donors (Lipinski definition) is 0. The minimum atomic E-state index is -0.441. The summed E-state index contributed by atoms with van der Waals surface area (Å²) in [5.41, 5.74) is 18.6. The Hall–Kier alpha value is -13.4. The molecule has 0 aliphatic rings. The lowest BCUT2D eigenvalue weighted by atomic mass is 9.86. The van der Waals surface area contributed by atoms with E-state index in [0.717, 1.165) is 111 Å². The Labute approximate surface area is 730 Å². The highest BCUT2D eigenvalue weighted by Crippen LogP contribution is 2.37. The quantitative estimate of drug-likeness (QED) is 0.139. The molecule has 0 saturated heterocycles. The van der Waals surface area contributed by atoms with E-state index in [-0.39, 0.29) is 60.5 Å². The van der Waals surface area contributed by atoms with Gasteiger partial charge in [-0.3, -0.25) is 0 Å². The summed E-state index contributed by atoms with van der Waals surface area (Å²) in [6, 6.07) is 111. The molecular formula is C102H70Cl6N12. The molecule has 120 heavy (non-hydrogen) atoms. The van der Waals surface area contributed by atoms with Gasteiger partial charge >= 0.3 is 0 Å². The first-order chi connectivity index (χ1) is 60.7. The molecular weight excluding hydrogens is 1610 g/mol. The highest BCUT2D eigenvalue weighted by atomic mass is 35.5. The Kier molecular flexibility index (Phi) is 22.9. The fourth-order valence-corrected chi connectivity index (χ4v) is 14.9. The van der Waals surface area contributed by atoms with Crippen LogP contribution in [0.5, 0.6) is 0 Å². The zero-order chi connectivity index (χ0) is 86.8. The number of nitrogens with zero attached hydrogens (tertiary/aromatic N) is 12. The highest BCUT2D eigenvalue weighted by Gasteiger charge is 2.18. The lowest BCUT2D eigenvalue weighted by molar-refractivity contribution is 0.590. The minimum Gasteiger partial charge on any atom is -0.218 e. The normalized spacial score (nSPS) is 11.6. The van der Waals surface area contributed by atoms with Crippen LogP contribution < -0.4 is 0 Å². The van der Waals surface area contributed by atoms with Gasteiger partial charge in [0.25, 0.3) is 0 Å². The molecule has 0 unspecified atom stereocenters. The molecule has 18 heteroatoms. The molecule has 0 aliphatic heterocycles. The zero-order valence-corrected chi connectivity index (χ0v) is 69.0. The van der Waals surface area contributed by atoms with Crippen LogP contribution in [0.2, 0.25) is 31.7 Å². The highest BCUT2D eigenvalue weighted by molar-refractivity contribution is 6.31. The Morgan fingerprint density at radius 3 is 0.892 bits per heavy atom. The van der Waals surface area contributed by atoms with E-state index < -0.39 is 18.1 Å². The summed E-state index contributed by atoms with van der Waals surface area (Å²) in [4.78, 5) is 51.6. The van der Waals surface area contributed by atoms with Crippen LogP contribution in [0.3, 0.4) is 0 Å². The molecule has 21 aromatic rings. The second-order valence-electron chi connectivity index (χ2n) is 28.4. The third-order valence-electron chi connectivity index (χ3n) is 19.6. The van der Waals surface area contributed by atoms with Crippen molar-refractivity contribution >= 4 is 157 Å². The number of benzene rings is 15. The van der Waals surface area contributed by atoms with Gasteiger partial charge in [-0.1, -0.05) is 348 Å². The summed E-state index contributed by atoms with van der Waals surface area (Å²) in [7, 11) is 0. The molecule has 0 fully saturated rings. The van der Waals surface area contributed by atoms with Crippen molar-refractivity contribution in [3.8, 4) is 78.7 Å². The number of hydrogen-bond acceptors (Lipinski definition) is 12. The summed E-state index contributed by atoms with van der Waals surface area (Å²) in [6.07, 6.45) is 0. The third kappa shape index (κ3) is 18.9. The molecule has 0 saturated carbocycles. The van der Waals surface area contributed by atoms with Crippen molar-refractivity contribution in [3.05, 3.63) is 407 Å². The van der Waals surface area contributed by atoms with E-state index in [4.69, 9.17) is 76.5 Å². The van der Waals surface area contributed by atoms with Gasteiger partial charge in [-0.05, 0) is 156 Å². The van der Waals surface area contributed by atoms with E-state index in [1.54, 1.807) is 24.3 Å². The molecule has 0 bridgehead atoms. The average molecular weight is 1680 g/mol. The Bertz CT molecular complexity index is 7540. The van der Waals surface area contributed by atoms with Crippen molar-refractivity contribution in [3.63, 3.8) is 0 Å². The summed E-state index contributed by atoms with van der Waals surface area (Å²) < 4.78 is 39.3. The molecule has 0 spiro atoms. The van der Waals surface area contributed by atoms with Gasteiger partial charge in [0.15, 0.2) is 0 Å². The van der Waals surface area contributed by atoms with Crippen molar-refractivity contribution in [2.24, 2.45) is 0 Å². The van der Waals surface area contributed by atoms with Crippen molar-refractivity contribution in [2.45, 2.75) is 26.2 Å². The SMILES string of the molecule is CC(C)(C)c1ccc(-c2nc(Cl)nc3ccccc23)cc1.Clc1nc(-c2ccc(-c3ccccc3)cc2)c2ccccc2n1.Clc1nc(-c2ccc3ccccc3c2)c2ccccc2n1.Clc1nc(-c2cccc3ccccc23)c2ccccc2n1.Clc1nc(-c2ccccc2)c2ccccc2n1.[2H]c1c([2H])c([2H])c(-c2nc(Cl)nc3ccccc23)c([2H])c1[2H]. The van der Waals surface area contributed by atoms with Crippen LogP contribution in [0.25, 0.3) is 166 Å². The molecule has 15 aromatic carbocycles. The molecule has 0 aliphatic carbocycles. The van der Waals surface area contributed by atoms with Gasteiger partial charge in [0.1, 0.15) is 0 Å². The van der Waals surface area contributed by atoms with Crippen molar-refractivity contribution in [1.82, 2.24) is 59.8 Å². The second kappa shape index (κ2) is 37.0. The maximum Gasteiger partial charge on any atom is 0.223 e. The van der Waals surface area contributed by atoms with Crippen LogP contribution in [-0.4, -0.2) is 59.8 Å². The Morgan fingerprint density at radius 1 is 0.208 bits per heavy atom. The van der Waals surface area contributed by atoms with Crippen LogP contribution in [0.4, 0.5) is 0 Å². The summed E-state index contributed by atoms with van der Waals surface area (Å²) in [5.74, 6) is 0. The topological polar surface area (TPSA) is 155 Å². The Balaban J connectivity index is 0.000000111. The monoisotopic (exact) mass is 1680 g/mol. The van der Waals surface area contributed by atoms with Crippen molar-refractivity contribution < 1.29 is 6.85 Å². The average Bonchev–Trinajstić information content (AvgIpc) is 0.759. The molecule has 6 aromatic heterocycles. The van der Waals surface area contributed by atoms with Crippen LogP contribution in [-0.2, 0) is 5.41 Å². The van der Waals surface area contributed by atoms with Gasteiger partial charge in [-0.15, -0.1) is 0 Å². The first kappa shape index (κ1) is 74.2. The number of halogens is 6. The van der Waals surface area contributed by atoms with Crippen LogP contribution in [0.1, 0.15) is 33.2 Å². The van der Waals surface area contributed by atoms with Gasteiger partial charge in [0.05, 0.1) is 74.1 Å². The van der Waals surface area contributed by atoms with E-state index in [2.05, 4.69) is 196 Å². The zero-order valence-electron chi connectivity index (χ0n) is 69.5. The summed E-state index contributed by atoms with van der Waals surface area (Å²) >= 11 is 36.2. The molecule has 580 valence electrons. The van der Waals surface area contributed by atoms with E-state index in [0.29, 0.717) is 10.9 Å². The molecule has 21 rings (SSSR count). The molecule has 0 N–H and O–H groups in total. The van der Waals surface area contributed by atoms with E-state index >= 15 is 0 Å². The smallest absolute Gasteiger partial charge is 0.218 e. The first-order valence-electron chi connectivity index (χ1n) is 40.6. The molecule has 0 amide bonds. The maximum atomic E-state index is 8.04. The van der Waals surface area contributed by atoms with Gasteiger partial charge in [-0.25, -0.2) is 59.8 Å². The van der Waals surface area contributed by atoms with Gasteiger partial charge in [0, 0.05) is 65.7 Å². The number of aromatic nitrogens is 12. The van der Waals surface area contributed by atoms with E-state index in [9.17, 15) is 0 Å². The molecule has 0 atom stereocenters. The fourth-order valence-electron chi connectivity index (χ4n) is 13.9. The number of para-hydroxylation sites is 6. The third-order valence-corrected chi connectivity index (χ3v) is 20.6. The van der Waals surface area contributed by atoms with E-state index in [1.165, 1.54) is 38.2 Å². The minimum absolute atomic E-state index is 0.0199. The lowest BCUT2D eigenvalue weighted by Gasteiger charge is -2.19. The largest absolute Gasteiger partial charge is 0.223 e. The maximum absolute atomic E-state index is 8.04. The molecule has 0 radical (unpaired) electrons. The lowest BCUT2D eigenvalue weighted by Crippen LogP contribution is -2.10. The molecule has 12 nitrogen and oxygen atoms in total. The first-order valence-corrected chi connectivity index (χ1v) is 40.3. The van der Waals surface area contributed by atoms with Crippen molar-refractivity contribution in [1.29, 1.82) is 0 Å². The van der Waals surface area contributed by atoms with Crippen LogP contribution in [0.15, 0.2) is 370 Å². The van der Waals surface area contributed by atoms with Gasteiger partial charge in [-0.2, -0.15) is 0 Å². The van der Waals surface area contributed by atoms with Gasteiger partial charge in [0.2, 0.25) is 31.7 Å². The summed E-state index contributed by atoms with van der Waals surface area (Å²) in [6.45, 7) is 6.62. The van der Waals surface area contributed by atoms with Gasteiger partial charge < -0.3 is 0 Å². The Morgan fingerprint density at radius 2 is 0.483 bits per heavy atom. The van der Waals surface area contributed by atoms with E-state index in [1.807, 2.05) is 200 Å². The summed E-state index contributed by atoms with van der Waals surface area (Å²) in [5, 5.41) is 11.7. The predicted octanol–water partition coefficient (Wildman–Crippen LogP) is 29.0. The number of fused-ring (bicyclic) bond motifs is 8. The van der Waals surface area contributed by atoms with Crippen LogP contribution >= 0.6 is 69.6 Å². The predicted molar refractivity (Wildman–Crippen MR) is 499 cm³/mol. The van der Waals surface area contributed by atoms with Crippen LogP contribution in [0, 0.1) is 0 Å². The fraction of sp³-hybridized carbons (Fsp3) is 0.0392. The molecule has 6 heterocycles. The second-order valence-corrected chi connectivity index (χ2v) is 30.4. The standard InChI is InChI=1S/C20H13ClN2.2C18H11ClN2.C18H17ClN2.2C14H9ClN2/c21-20-22-18-9-5-4-8-17(18)19(23-20)16-12-10-15(11-13-16)14-6-2-1-3-7-14;19-18-20-16-11-4-3-9-15(16)17(21-18)14-10-5-7-12-6-1-2-8-13(12)14;19-18-20-16-8-4-3-7-15(16)17(21-18)14-10-9-12-5-1-2-6-13(12)11-14;1-18(2,3)13-10-8-12(9-11-13)16-14-6-4-5-7-15(14)20-17(19)21-16;2*15-14-16-12-9-5-4-8-11(12)13(17-14)10-6-2-1-3-7-10/h1-13H;2*1-11H;4-11H,1-3H3;2*1-9H/i;;;;1D,2D,3D,6D,7D;. The van der Waals surface area contributed by atoms with Crippen molar-refractivity contribution in [2.75, 3.05) is 0 Å².